The molecule has 21 heavy (non-hydrogen) atoms. The van der Waals surface area contributed by atoms with Crippen LogP contribution in [0.25, 0.3) is 0 Å². The Morgan fingerprint density at radius 1 is 1.33 bits per heavy atom. The van der Waals surface area contributed by atoms with Crippen LogP contribution in [0.4, 0.5) is 0 Å². The standard InChI is InChI=1S/C16H28N2O3/c1-9(2)14(19)16(6,7)8-17-15(20)10(3)13-11(4)18-21-12(13)5/h9-10,14,19H,8H2,1-7H3,(H,17,20). The Morgan fingerprint density at radius 3 is 2.33 bits per heavy atom. The van der Waals surface area contributed by atoms with Crippen molar-refractivity contribution in [3.8, 4) is 0 Å². The number of carbonyl (C=O) groups is 1. The lowest BCUT2D eigenvalue weighted by Gasteiger charge is -2.33. The van der Waals surface area contributed by atoms with E-state index in [1.807, 2.05) is 48.5 Å². The van der Waals surface area contributed by atoms with Gasteiger partial charge < -0.3 is 14.9 Å². The van der Waals surface area contributed by atoms with Gasteiger partial charge in [-0.25, -0.2) is 0 Å². The molecule has 5 heteroatoms. The van der Waals surface area contributed by atoms with Crippen LogP contribution in [0.2, 0.25) is 0 Å². The van der Waals surface area contributed by atoms with E-state index < -0.39 is 6.10 Å². The van der Waals surface area contributed by atoms with Crippen molar-refractivity contribution in [3.05, 3.63) is 17.0 Å². The molecule has 1 aromatic rings. The van der Waals surface area contributed by atoms with Gasteiger partial charge in [0.05, 0.1) is 17.7 Å². The molecule has 1 rings (SSSR count). The summed E-state index contributed by atoms with van der Waals surface area (Å²) in [4.78, 5) is 12.3. The van der Waals surface area contributed by atoms with Crippen molar-refractivity contribution in [1.29, 1.82) is 0 Å². The van der Waals surface area contributed by atoms with Crippen molar-refractivity contribution in [2.75, 3.05) is 6.54 Å². The Hall–Kier alpha value is -1.36. The van der Waals surface area contributed by atoms with E-state index in [1.165, 1.54) is 0 Å². The van der Waals surface area contributed by atoms with E-state index in [-0.39, 0.29) is 23.2 Å². The van der Waals surface area contributed by atoms with Gasteiger partial charge in [0, 0.05) is 17.5 Å². The predicted octanol–water partition coefficient (Wildman–Crippen LogP) is 2.55. The van der Waals surface area contributed by atoms with Crippen LogP contribution in [0.5, 0.6) is 0 Å². The Labute approximate surface area is 127 Å². The molecule has 0 bridgehead atoms. The lowest BCUT2D eigenvalue weighted by Crippen LogP contribution is -2.44. The molecule has 0 saturated carbocycles. The van der Waals surface area contributed by atoms with E-state index >= 15 is 0 Å². The minimum absolute atomic E-state index is 0.0755. The highest BCUT2D eigenvalue weighted by atomic mass is 16.5. The maximum atomic E-state index is 12.3. The molecule has 5 nitrogen and oxygen atoms in total. The number of nitrogens with zero attached hydrogens (tertiary/aromatic N) is 1. The van der Waals surface area contributed by atoms with Crippen molar-refractivity contribution >= 4 is 5.91 Å². The van der Waals surface area contributed by atoms with Gasteiger partial charge in [0.2, 0.25) is 5.91 Å². The molecule has 0 fully saturated rings. The fourth-order valence-electron chi connectivity index (χ4n) is 2.71. The number of aliphatic hydroxyl groups is 1. The van der Waals surface area contributed by atoms with E-state index in [4.69, 9.17) is 4.52 Å². The van der Waals surface area contributed by atoms with Gasteiger partial charge in [-0.05, 0) is 26.7 Å². The second-order valence-electron chi connectivity index (χ2n) is 6.85. The summed E-state index contributed by atoms with van der Waals surface area (Å²) in [6.07, 6.45) is -0.466. The minimum Gasteiger partial charge on any atom is -0.392 e. The van der Waals surface area contributed by atoms with Crippen molar-refractivity contribution in [2.24, 2.45) is 11.3 Å². The molecule has 0 aromatic carbocycles. The second kappa shape index (κ2) is 6.60. The molecule has 0 saturated heterocycles. The molecule has 0 aliphatic heterocycles. The SMILES string of the molecule is Cc1noc(C)c1C(C)C(=O)NCC(C)(C)C(O)C(C)C. The Morgan fingerprint density at radius 2 is 1.90 bits per heavy atom. The van der Waals surface area contributed by atoms with Crippen LogP contribution >= 0.6 is 0 Å². The van der Waals surface area contributed by atoms with Crippen LogP contribution in [-0.2, 0) is 4.79 Å². The average molecular weight is 296 g/mol. The van der Waals surface area contributed by atoms with Crippen molar-refractivity contribution in [3.63, 3.8) is 0 Å². The van der Waals surface area contributed by atoms with E-state index in [0.29, 0.717) is 12.3 Å². The topological polar surface area (TPSA) is 75.4 Å². The molecule has 1 heterocycles. The molecular weight excluding hydrogens is 268 g/mol. The van der Waals surface area contributed by atoms with Crippen molar-refractivity contribution < 1.29 is 14.4 Å². The van der Waals surface area contributed by atoms with Gasteiger partial charge >= 0.3 is 0 Å². The third-order valence-corrected chi connectivity index (χ3v) is 4.07. The fraction of sp³-hybridized carbons (Fsp3) is 0.750. The number of carbonyl (C=O) groups excluding carboxylic acids is 1. The van der Waals surface area contributed by atoms with Gasteiger partial charge in [-0.1, -0.05) is 32.9 Å². The van der Waals surface area contributed by atoms with E-state index in [0.717, 1.165) is 11.3 Å². The van der Waals surface area contributed by atoms with Gasteiger partial charge in [0.25, 0.3) is 0 Å². The van der Waals surface area contributed by atoms with Crippen LogP contribution in [0.1, 0.15) is 57.6 Å². The molecule has 2 N–H and O–H groups in total. The number of nitrogens with one attached hydrogen (secondary N) is 1. The van der Waals surface area contributed by atoms with Gasteiger partial charge in [0.1, 0.15) is 5.76 Å². The summed E-state index contributed by atoms with van der Waals surface area (Å²) in [6.45, 7) is 13.8. The smallest absolute Gasteiger partial charge is 0.227 e. The summed E-state index contributed by atoms with van der Waals surface area (Å²) in [5.74, 6) is 0.435. The first-order valence-electron chi connectivity index (χ1n) is 7.46. The summed E-state index contributed by atoms with van der Waals surface area (Å²) >= 11 is 0. The first-order valence-corrected chi connectivity index (χ1v) is 7.46. The highest BCUT2D eigenvalue weighted by Crippen LogP contribution is 2.26. The van der Waals surface area contributed by atoms with E-state index in [2.05, 4.69) is 10.5 Å². The molecule has 2 atom stereocenters. The van der Waals surface area contributed by atoms with Crippen LogP contribution < -0.4 is 5.32 Å². The number of aryl methyl sites for hydroxylation is 2. The molecular formula is C16H28N2O3. The third kappa shape index (κ3) is 4.06. The summed E-state index contributed by atoms with van der Waals surface area (Å²) in [7, 11) is 0. The monoisotopic (exact) mass is 296 g/mol. The summed E-state index contributed by atoms with van der Waals surface area (Å²) < 4.78 is 5.11. The Bertz CT molecular complexity index is 472. The lowest BCUT2D eigenvalue weighted by molar-refractivity contribution is -0.123. The second-order valence-corrected chi connectivity index (χ2v) is 6.85. The van der Waals surface area contributed by atoms with Crippen LogP contribution in [-0.4, -0.2) is 28.8 Å². The first-order chi connectivity index (χ1) is 9.58. The molecule has 2 unspecified atom stereocenters. The summed E-state index contributed by atoms with van der Waals surface area (Å²) in [6, 6.07) is 0. The zero-order valence-corrected chi connectivity index (χ0v) is 14.2. The average Bonchev–Trinajstić information content (AvgIpc) is 2.73. The fourth-order valence-corrected chi connectivity index (χ4v) is 2.71. The van der Waals surface area contributed by atoms with E-state index in [9.17, 15) is 9.90 Å². The Kier molecular flexibility index (Phi) is 5.56. The maximum absolute atomic E-state index is 12.3. The number of hydrogen-bond donors (Lipinski definition) is 2. The van der Waals surface area contributed by atoms with Gasteiger partial charge in [-0.2, -0.15) is 0 Å². The zero-order chi connectivity index (χ0) is 16.4. The normalized spacial score (nSPS) is 15.1. The molecule has 0 aliphatic rings. The minimum atomic E-state index is -0.466. The highest BCUT2D eigenvalue weighted by molar-refractivity contribution is 5.83. The zero-order valence-electron chi connectivity index (χ0n) is 14.2. The number of aromatic nitrogens is 1. The van der Waals surface area contributed by atoms with Crippen molar-refractivity contribution in [2.45, 2.75) is 60.5 Å². The number of hydrogen-bond acceptors (Lipinski definition) is 4. The van der Waals surface area contributed by atoms with Gasteiger partial charge in [0.15, 0.2) is 0 Å². The van der Waals surface area contributed by atoms with E-state index in [1.54, 1.807) is 0 Å². The molecule has 0 aliphatic carbocycles. The Balaban J connectivity index is 2.70. The van der Waals surface area contributed by atoms with Crippen LogP contribution in [0, 0.1) is 25.2 Å². The largest absolute Gasteiger partial charge is 0.392 e. The quantitative estimate of drug-likeness (QED) is 0.846. The lowest BCUT2D eigenvalue weighted by atomic mass is 9.80. The van der Waals surface area contributed by atoms with Gasteiger partial charge in [-0.3, -0.25) is 4.79 Å². The highest BCUT2D eigenvalue weighted by Gasteiger charge is 2.31. The summed E-state index contributed by atoms with van der Waals surface area (Å²) in [5.41, 5.74) is 1.22. The number of amides is 1. The third-order valence-electron chi connectivity index (χ3n) is 4.07. The first kappa shape index (κ1) is 17.7. The number of aliphatic hydroxyl groups excluding tert-OH is 1. The van der Waals surface area contributed by atoms with Gasteiger partial charge in [-0.15, -0.1) is 0 Å². The van der Waals surface area contributed by atoms with Crippen molar-refractivity contribution in [1.82, 2.24) is 10.5 Å². The molecule has 1 amide bonds. The van der Waals surface area contributed by atoms with Crippen LogP contribution in [0.3, 0.4) is 0 Å². The maximum Gasteiger partial charge on any atom is 0.227 e. The van der Waals surface area contributed by atoms with Crippen LogP contribution in [0.15, 0.2) is 4.52 Å². The predicted molar refractivity (Wildman–Crippen MR) is 82.0 cm³/mol. The molecule has 0 radical (unpaired) electrons. The number of rotatable bonds is 6. The molecule has 1 aromatic heterocycles. The molecule has 0 spiro atoms. The summed E-state index contributed by atoms with van der Waals surface area (Å²) in [5, 5.41) is 17.0. The molecule has 120 valence electrons.